The number of aliphatic carboxylic acids is 1. The van der Waals surface area contributed by atoms with Crippen LogP contribution in [0.3, 0.4) is 0 Å². The van der Waals surface area contributed by atoms with Gasteiger partial charge in [0.2, 0.25) is 11.8 Å². The van der Waals surface area contributed by atoms with E-state index >= 15 is 0 Å². The zero-order valence-corrected chi connectivity index (χ0v) is 11.6. The van der Waals surface area contributed by atoms with E-state index in [2.05, 4.69) is 5.32 Å². The van der Waals surface area contributed by atoms with Crippen molar-refractivity contribution in [2.24, 2.45) is 5.73 Å². The van der Waals surface area contributed by atoms with Crippen molar-refractivity contribution in [2.45, 2.75) is 38.0 Å². The molecule has 0 aromatic carbocycles. The van der Waals surface area contributed by atoms with Crippen molar-refractivity contribution < 1.29 is 37.5 Å². The molecule has 0 rings (SSSR count). The quantitative estimate of drug-likeness (QED) is 0.448. The van der Waals surface area contributed by atoms with Gasteiger partial charge in [-0.2, -0.15) is 13.2 Å². The lowest BCUT2D eigenvalue weighted by molar-refractivity contribution is -0.170. The van der Waals surface area contributed by atoms with E-state index in [-0.39, 0.29) is 12.8 Å². The molecule has 0 aliphatic carbocycles. The Bertz CT molecular complexity index is 453. The number of alkyl halides is 3. The summed E-state index contributed by atoms with van der Waals surface area (Å²) in [5, 5.41) is 12.3. The van der Waals surface area contributed by atoms with E-state index in [1.54, 1.807) is 5.32 Å². The molecule has 0 aliphatic heterocycles. The second-order valence-electron chi connectivity index (χ2n) is 4.41. The summed E-state index contributed by atoms with van der Waals surface area (Å²) in [5.41, 5.74) is 5.38. The third-order valence-electron chi connectivity index (χ3n) is 2.50. The summed E-state index contributed by atoms with van der Waals surface area (Å²) in [7, 11) is 0. The van der Waals surface area contributed by atoms with Crippen LogP contribution in [0.5, 0.6) is 0 Å². The first kappa shape index (κ1) is 19.8. The van der Waals surface area contributed by atoms with E-state index in [1.807, 2.05) is 0 Å². The van der Waals surface area contributed by atoms with Crippen molar-refractivity contribution in [3.8, 4) is 0 Å². The van der Waals surface area contributed by atoms with Crippen molar-refractivity contribution in [2.75, 3.05) is 6.54 Å². The van der Waals surface area contributed by atoms with Gasteiger partial charge in [-0.3, -0.25) is 19.2 Å². The molecule has 0 radical (unpaired) electrons. The van der Waals surface area contributed by atoms with E-state index in [0.717, 1.165) is 0 Å². The average molecular weight is 327 g/mol. The van der Waals surface area contributed by atoms with Crippen molar-refractivity contribution in [3.05, 3.63) is 0 Å². The molecular weight excluding hydrogens is 311 g/mol. The minimum absolute atomic E-state index is 0.165. The first-order valence-electron chi connectivity index (χ1n) is 6.10. The number of hydrogen-bond donors (Lipinski definition) is 4. The highest BCUT2D eigenvalue weighted by Crippen LogP contribution is 2.14. The van der Waals surface area contributed by atoms with E-state index in [0.29, 0.717) is 0 Å². The third kappa shape index (κ3) is 7.57. The van der Waals surface area contributed by atoms with Gasteiger partial charge in [0.15, 0.2) is 0 Å². The lowest BCUT2D eigenvalue weighted by Gasteiger charge is -2.17. The number of amides is 2. The molecule has 22 heavy (non-hydrogen) atoms. The molecule has 8 nitrogen and oxygen atoms in total. The number of carbonyl (C=O) groups is 4. The van der Waals surface area contributed by atoms with Gasteiger partial charge in [-0.15, -0.1) is 0 Å². The van der Waals surface area contributed by atoms with Crippen LogP contribution in [0.25, 0.3) is 0 Å². The Kier molecular flexibility index (Phi) is 7.50. The van der Waals surface area contributed by atoms with Crippen LogP contribution in [0.1, 0.15) is 19.8 Å². The zero-order valence-electron chi connectivity index (χ0n) is 11.6. The topological polar surface area (TPSA) is 139 Å². The molecule has 0 saturated heterocycles. The molecule has 0 aromatic rings. The van der Waals surface area contributed by atoms with Crippen LogP contribution in [0.15, 0.2) is 0 Å². The highest BCUT2D eigenvalue weighted by Gasteiger charge is 2.38. The maximum Gasteiger partial charge on any atom is 0.451 e. The third-order valence-corrected chi connectivity index (χ3v) is 2.50. The standard InChI is InChI=1S/C11H16F3N3O5/c1-5(9(21)16-4-7(18)11(12,13)14)17-10(22)6(15)2-3-8(19)20/h5-6H,2-4,15H2,1H3,(H,16,21)(H,17,22)(H,19,20)/t5-,6-/m0/s1. The van der Waals surface area contributed by atoms with E-state index < -0.39 is 48.4 Å². The Hall–Kier alpha value is -2.17. The van der Waals surface area contributed by atoms with Gasteiger partial charge in [0.1, 0.15) is 6.04 Å². The number of hydrogen-bond acceptors (Lipinski definition) is 5. The smallest absolute Gasteiger partial charge is 0.451 e. The number of carboxylic acids is 1. The van der Waals surface area contributed by atoms with Gasteiger partial charge in [-0.1, -0.05) is 0 Å². The number of rotatable bonds is 8. The van der Waals surface area contributed by atoms with Crippen LogP contribution in [0, 0.1) is 0 Å². The number of halogens is 3. The number of nitrogens with one attached hydrogen (secondary N) is 2. The highest BCUT2D eigenvalue weighted by atomic mass is 19.4. The fourth-order valence-electron chi connectivity index (χ4n) is 1.22. The second kappa shape index (κ2) is 8.32. The monoisotopic (exact) mass is 327 g/mol. The number of carboxylic acid groups (broad SMARTS) is 1. The molecule has 0 fully saturated rings. The van der Waals surface area contributed by atoms with Gasteiger partial charge >= 0.3 is 12.1 Å². The summed E-state index contributed by atoms with van der Waals surface area (Å²) in [5.74, 6) is -5.11. The summed E-state index contributed by atoms with van der Waals surface area (Å²) < 4.78 is 35.8. The van der Waals surface area contributed by atoms with Gasteiger partial charge in [-0.05, 0) is 13.3 Å². The second-order valence-corrected chi connectivity index (χ2v) is 4.41. The van der Waals surface area contributed by atoms with Gasteiger partial charge in [0, 0.05) is 6.42 Å². The predicted octanol–water partition coefficient (Wildman–Crippen LogP) is -1.07. The maximum atomic E-state index is 11.9. The maximum absolute atomic E-state index is 11.9. The van der Waals surface area contributed by atoms with Crippen molar-refractivity contribution in [3.63, 3.8) is 0 Å². The fourth-order valence-corrected chi connectivity index (χ4v) is 1.22. The molecule has 0 unspecified atom stereocenters. The Balaban J connectivity index is 4.27. The van der Waals surface area contributed by atoms with Gasteiger partial charge in [0.05, 0.1) is 12.6 Å². The molecule has 0 saturated carbocycles. The Labute approximate surface area is 123 Å². The number of nitrogens with two attached hydrogens (primary N) is 1. The molecule has 2 atom stereocenters. The number of ketones is 1. The Morgan fingerprint density at radius 1 is 1.18 bits per heavy atom. The Morgan fingerprint density at radius 2 is 1.73 bits per heavy atom. The summed E-state index contributed by atoms with van der Waals surface area (Å²) in [4.78, 5) is 43.8. The van der Waals surface area contributed by atoms with Crippen molar-refractivity contribution >= 4 is 23.6 Å². The first-order valence-corrected chi connectivity index (χ1v) is 6.10. The Morgan fingerprint density at radius 3 is 2.18 bits per heavy atom. The van der Waals surface area contributed by atoms with E-state index in [4.69, 9.17) is 10.8 Å². The fraction of sp³-hybridized carbons (Fsp3) is 0.636. The lowest BCUT2D eigenvalue weighted by Crippen LogP contribution is -2.51. The SMILES string of the molecule is C[C@H](NC(=O)[C@@H](N)CCC(=O)O)C(=O)NCC(=O)C(F)(F)F. The minimum atomic E-state index is -5.06. The van der Waals surface area contributed by atoms with E-state index in [9.17, 15) is 32.3 Å². The molecule has 5 N–H and O–H groups in total. The molecule has 2 amide bonds. The summed E-state index contributed by atoms with van der Waals surface area (Å²) in [6.45, 7) is -0.0666. The molecule has 0 aromatic heterocycles. The minimum Gasteiger partial charge on any atom is -0.481 e. The van der Waals surface area contributed by atoms with Crippen LogP contribution in [0.4, 0.5) is 13.2 Å². The van der Waals surface area contributed by atoms with E-state index in [1.165, 1.54) is 6.92 Å². The molecule has 0 spiro atoms. The largest absolute Gasteiger partial charge is 0.481 e. The predicted molar refractivity (Wildman–Crippen MR) is 66.5 cm³/mol. The molecule has 0 bridgehead atoms. The number of carbonyl (C=O) groups excluding carboxylic acids is 3. The summed E-state index contributed by atoms with van der Waals surface area (Å²) in [6, 6.07) is -2.41. The van der Waals surface area contributed by atoms with Gasteiger partial charge < -0.3 is 21.5 Å². The lowest BCUT2D eigenvalue weighted by atomic mass is 10.1. The summed E-state index contributed by atoms with van der Waals surface area (Å²) >= 11 is 0. The molecule has 0 aliphatic rings. The van der Waals surface area contributed by atoms with Crippen molar-refractivity contribution in [1.29, 1.82) is 0 Å². The average Bonchev–Trinajstić information content (AvgIpc) is 2.39. The van der Waals surface area contributed by atoms with Crippen LogP contribution in [-0.4, -0.2) is 53.5 Å². The van der Waals surface area contributed by atoms with Crippen LogP contribution in [-0.2, 0) is 19.2 Å². The molecule has 126 valence electrons. The zero-order chi connectivity index (χ0) is 17.5. The van der Waals surface area contributed by atoms with Crippen LogP contribution < -0.4 is 16.4 Å². The van der Waals surface area contributed by atoms with Crippen LogP contribution >= 0.6 is 0 Å². The van der Waals surface area contributed by atoms with Gasteiger partial charge in [0.25, 0.3) is 5.78 Å². The first-order chi connectivity index (χ1) is 9.95. The highest BCUT2D eigenvalue weighted by molar-refractivity contribution is 5.93. The van der Waals surface area contributed by atoms with Crippen molar-refractivity contribution in [1.82, 2.24) is 10.6 Å². The number of Topliss-reactive ketones (excluding diaryl/α,β-unsaturated/α-hetero) is 1. The molecule has 11 heteroatoms. The summed E-state index contributed by atoms with van der Waals surface area (Å²) in [6.07, 6.45) is -5.57. The van der Waals surface area contributed by atoms with Gasteiger partial charge in [-0.25, -0.2) is 0 Å². The molecule has 0 heterocycles. The normalized spacial score (nSPS) is 13.9. The van der Waals surface area contributed by atoms with Crippen LogP contribution in [0.2, 0.25) is 0 Å². The molecular formula is C11H16F3N3O5.